The third-order valence-electron chi connectivity index (χ3n) is 3.01. The van der Waals surface area contributed by atoms with Gasteiger partial charge in [0.25, 0.3) is 11.9 Å². The molecule has 0 unspecified atom stereocenters. The average molecular weight is 313 g/mol. The second-order valence-electron chi connectivity index (χ2n) is 4.67. The molecule has 1 amide bonds. The highest BCUT2D eigenvalue weighted by Crippen LogP contribution is 2.13. The van der Waals surface area contributed by atoms with Crippen LogP contribution in [0.1, 0.15) is 16.1 Å². The Balaban J connectivity index is 1.44. The molecule has 0 aliphatic carbocycles. The van der Waals surface area contributed by atoms with Gasteiger partial charge in [-0.15, -0.1) is 0 Å². The van der Waals surface area contributed by atoms with E-state index in [0.717, 1.165) is 5.56 Å². The molecule has 6 nitrogen and oxygen atoms in total. The van der Waals surface area contributed by atoms with Crippen molar-refractivity contribution < 1.29 is 23.1 Å². The van der Waals surface area contributed by atoms with Crippen molar-refractivity contribution in [3.8, 4) is 5.95 Å². The lowest BCUT2D eigenvalue weighted by Gasteiger charge is -2.07. The first kappa shape index (κ1) is 14.9. The molecule has 0 aliphatic rings. The van der Waals surface area contributed by atoms with Gasteiger partial charge in [-0.2, -0.15) is 0 Å². The molecule has 0 spiro atoms. The highest BCUT2D eigenvalue weighted by atomic mass is 16.7. The molecule has 0 bridgehead atoms. The highest BCUT2D eigenvalue weighted by Gasteiger charge is 2.08. The van der Waals surface area contributed by atoms with Gasteiger partial charge in [0, 0.05) is 11.8 Å². The van der Waals surface area contributed by atoms with Gasteiger partial charge >= 0.3 is 0 Å². The molecule has 1 N–H and O–H groups in total. The van der Waals surface area contributed by atoms with Gasteiger partial charge in [0.1, 0.15) is 0 Å². The van der Waals surface area contributed by atoms with E-state index in [4.69, 9.17) is 18.3 Å². The number of anilines is 1. The number of nitrogens with one attached hydrogen (secondary N) is 1. The molecule has 0 radical (unpaired) electrons. The Morgan fingerprint density at radius 2 is 1.78 bits per heavy atom. The van der Waals surface area contributed by atoms with Crippen molar-refractivity contribution >= 4 is 11.6 Å². The van der Waals surface area contributed by atoms with E-state index in [1.807, 2.05) is 12.1 Å². The van der Waals surface area contributed by atoms with E-state index in [2.05, 4.69) is 5.32 Å². The lowest BCUT2D eigenvalue weighted by atomic mass is 10.2. The number of carbonyl (C=O) groups is 1. The highest BCUT2D eigenvalue weighted by molar-refractivity contribution is 6.02. The van der Waals surface area contributed by atoms with E-state index in [1.54, 1.807) is 36.4 Å². The molecule has 0 atom stereocenters. The zero-order valence-corrected chi connectivity index (χ0v) is 12.2. The third-order valence-corrected chi connectivity index (χ3v) is 3.01. The number of ether oxygens (including phenoxy) is 2. The van der Waals surface area contributed by atoms with Gasteiger partial charge in [-0.05, 0) is 35.9 Å². The van der Waals surface area contributed by atoms with Crippen LogP contribution in [-0.2, 0) is 11.3 Å². The average Bonchev–Trinajstić information content (AvgIpc) is 3.26. The first-order valence-electron chi connectivity index (χ1n) is 6.99. The van der Waals surface area contributed by atoms with Gasteiger partial charge in [-0.25, -0.2) is 0 Å². The predicted octanol–water partition coefficient (Wildman–Crippen LogP) is 3.68. The Hall–Kier alpha value is -2.99. The number of carbonyl (C=O) groups excluding carboxylic acids is 1. The molecule has 0 fully saturated rings. The van der Waals surface area contributed by atoms with Crippen molar-refractivity contribution in [2.75, 3.05) is 12.1 Å². The van der Waals surface area contributed by atoms with Gasteiger partial charge in [0.2, 0.25) is 0 Å². The van der Waals surface area contributed by atoms with Crippen LogP contribution in [0.3, 0.4) is 0 Å². The van der Waals surface area contributed by atoms with Crippen LogP contribution in [0, 0.1) is 0 Å². The molecule has 2 heterocycles. The molecule has 3 rings (SSSR count). The number of hydrogen-bond acceptors (Lipinski definition) is 5. The van der Waals surface area contributed by atoms with E-state index in [0.29, 0.717) is 18.2 Å². The Kier molecular flexibility index (Phi) is 4.76. The lowest BCUT2D eigenvalue weighted by Crippen LogP contribution is -2.10. The van der Waals surface area contributed by atoms with Crippen LogP contribution in [0.25, 0.3) is 0 Å². The van der Waals surface area contributed by atoms with Gasteiger partial charge in [0.05, 0.1) is 19.1 Å². The van der Waals surface area contributed by atoms with E-state index >= 15 is 0 Å². The zero-order chi connectivity index (χ0) is 15.9. The summed E-state index contributed by atoms with van der Waals surface area (Å²) in [7, 11) is 0. The first-order valence-corrected chi connectivity index (χ1v) is 6.99. The fraction of sp³-hybridized carbons (Fsp3) is 0.118. The quantitative estimate of drug-likeness (QED) is 0.532. The van der Waals surface area contributed by atoms with Crippen LogP contribution in [0.15, 0.2) is 69.9 Å². The van der Waals surface area contributed by atoms with Gasteiger partial charge < -0.3 is 23.6 Å². The first-order chi connectivity index (χ1) is 11.3. The number of furan rings is 2. The largest absolute Gasteiger partial charge is 0.459 e. The summed E-state index contributed by atoms with van der Waals surface area (Å²) in [6, 6.07) is 14.1. The van der Waals surface area contributed by atoms with Crippen molar-refractivity contribution in [1.82, 2.24) is 0 Å². The van der Waals surface area contributed by atoms with Crippen LogP contribution in [0.5, 0.6) is 5.95 Å². The van der Waals surface area contributed by atoms with Crippen LogP contribution in [-0.4, -0.2) is 12.7 Å². The molecule has 0 saturated carbocycles. The van der Waals surface area contributed by atoms with Gasteiger partial charge in [-0.1, -0.05) is 12.1 Å². The van der Waals surface area contributed by atoms with Gasteiger partial charge in [0.15, 0.2) is 12.6 Å². The molecule has 0 saturated heterocycles. The van der Waals surface area contributed by atoms with E-state index < -0.39 is 0 Å². The number of amides is 1. The molecule has 118 valence electrons. The maximum absolute atomic E-state index is 11.8. The van der Waals surface area contributed by atoms with Crippen LogP contribution < -0.4 is 10.1 Å². The third kappa shape index (κ3) is 4.24. The predicted molar refractivity (Wildman–Crippen MR) is 82.1 cm³/mol. The summed E-state index contributed by atoms with van der Waals surface area (Å²) in [5.74, 6) is 0.402. The Bertz CT molecular complexity index is 717. The number of rotatable bonds is 7. The molecule has 3 aromatic rings. The van der Waals surface area contributed by atoms with Crippen molar-refractivity contribution in [1.29, 1.82) is 0 Å². The van der Waals surface area contributed by atoms with Gasteiger partial charge in [-0.3, -0.25) is 4.79 Å². The summed E-state index contributed by atoms with van der Waals surface area (Å²) in [6.07, 6.45) is 2.99. The lowest BCUT2D eigenvalue weighted by molar-refractivity contribution is -0.00721. The zero-order valence-electron chi connectivity index (χ0n) is 12.2. The smallest absolute Gasteiger partial charge is 0.291 e. The number of hydrogen-bond donors (Lipinski definition) is 1. The Labute approximate surface area is 132 Å². The molecule has 0 aliphatic heterocycles. The van der Waals surface area contributed by atoms with Crippen molar-refractivity contribution in [3.05, 3.63) is 72.4 Å². The minimum atomic E-state index is -0.286. The maximum Gasteiger partial charge on any atom is 0.291 e. The molecule has 1 aromatic carbocycles. The summed E-state index contributed by atoms with van der Waals surface area (Å²) >= 11 is 0. The van der Waals surface area contributed by atoms with Crippen molar-refractivity contribution in [3.63, 3.8) is 0 Å². The summed E-state index contributed by atoms with van der Waals surface area (Å²) in [4.78, 5) is 11.8. The second-order valence-corrected chi connectivity index (χ2v) is 4.67. The van der Waals surface area contributed by atoms with E-state index in [1.165, 1.54) is 12.5 Å². The molecular formula is C17H15NO5. The fourth-order valence-electron chi connectivity index (χ4n) is 1.89. The maximum atomic E-state index is 11.8. The second kappa shape index (κ2) is 7.33. The number of benzene rings is 1. The summed E-state index contributed by atoms with van der Waals surface area (Å²) < 4.78 is 20.7. The van der Waals surface area contributed by atoms with Crippen molar-refractivity contribution in [2.45, 2.75) is 6.61 Å². The van der Waals surface area contributed by atoms with E-state index in [9.17, 15) is 4.79 Å². The van der Waals surface area contributed by atoms with Crippen LogP contribution >= 0.6 is 0 Å². The molecule has 2 aromatic heterocycles. The summed E-state index contributed by atoms with van der Waals surface area (Å²) in [5.41, 5.74) is 1.64. The minimum absolute atomic E-state index is 0.102. The monoisotopic (exact) mass is 313 g/mol. The standard InChI is InChI=1S/C17H15NO5/c19-17(15-3-1-9-21-15)18-14-7-5-13(6-8-14)11-20-12-23-16-4-2-10-22-16/h1-10H,11-12H2,(H,18,19). The Morgan fingerprint density at radius 3 is 2.48 bits per heavy atom. The fourth-order valence-corrected chi connectivity index (χ4v) is 1.89. The Morgan fingerprint density at radius 1 is 1.00 bits per heavy atom. The van der Waals surface area contributed by atoms with E-state index in [-0.39, 0.29) is 18.5 Å². The van der Waals surface area contributed by atoms with Crippen molar-refractivity contribution in [2.24, 2.45) is 0 Å². The minimum Gasteiger partial charge on any atom is -0.459 e. The normalized spacial score (nSPS) is 10.4. The molecule has 23 heavy (non-hydrogen) atoms. The SMILES string of the molecule is O=C(Nc1ccc(COCOc2ccco2)cc1)c1ccco1. The van der Waals surface area contributed by atoms with Crippen LogP contribution in [0.4, 0.5) is 5.69 Å². The summed E-state index contributed by atoms with van der Waals surface area (Å²) in [6.45, 7) is 0.498. The summed E-state index contributed by atoms with van der Waals surface area (Å²) in [5, 5.41) is 2.75. The molecule has 6 heteroatoms. The topological polar surface area (TPSA) is 73.8 Å². The van der Waals surface area contributed by atoms with Crippen LogP contribution in [0.2, 0.25) is 0 Å². The molecular weight excluding hydrogens is 298 g/mol.